The van der Waals surface area contributed by atoms with Crippen LogP contribution in [0.4, 0.5) is 11.4 Å². The number of nitro groups is 1. The Morgan fingerprint density at radius 2 is 2.00 bits per heavy atom. The van der Waals surface area contributed by atoms with Gasteiger partial charge in [0.15, 0.2) is 5.17 Å². The molecular weight excluding hydrogens is 382 g/mol. The van der Waals surface area contributed by atoms with E-state index in [0.29, 0.717) is 17.9 Å². The van der Waals surface area contributed by atoms with Crippen molar-refractivity contribution >= 4 is 40.7 Å². The average molecular weight is 414 g/mol. The van der Waals surface area contributed by atoms with Crippen molar-refractivity contribution in [2.45, 2.75) is 59.9 Å². The van der Waals surface area contributed by atoms with Gasteiger partial charge in [-0.05, 0) is 36.8 Å². The summed E-state index contributed by atoms with van der Waals surface area (Å²) in [5.74, 6) is 2.40. The molecule has 1 aliphatic heterocycles. The maximum Gasteiger partial charge on any atom is 0.269 e. The van der Waals surface area contributed by atoms with E-state index in [1.54, 1.807) is 18.2 Å². The van der Waals surface area contributed by atoms with Crippen molar-refractivity contribution in [2.75, 3.05) is 12.3 Å². The van der Waals surface area contributed by atoms with E-state index < -0.39 is 0 Å². The summed E-state index contributed by atoms with van der Waals surface area (Å²) < 4.78 is 0. The van der Waals surface area contributed by atoms with E-state index in [1.165, 1.54) is 19.3 Å². The van der Waals surface area contributed by atoms with E-state index in [0.717, 1.165) is 28.7 Å². The molecule has 0 aliphatic carbocycles. The third kappa shape index (κ3) is 6.39. The largest absolute Gasteiger partial charge is 0.347 e. The topological polar surface area (TPSA) is 58.7 Å². The zero-order valence-corrected chi connectivity index (χ0v) is 18.6. The first-order valence-electron chi connectivity index (χ1n) is 9.58. The van der Waals surface area contributed by atoms with Gasteiger partial charge >= 0.3 is 0 Å². The van der Waals surface area contributed by atoms with E-state index in [-0.39, 0.29) is 23.0 Å². The Hall–Kier alpha value is -1.27. The van der Waals surface area contributed by atoms with E-state index >= 15 is 0 Å². The van der Waals surface area contributed by atoms with Gasteiger partial charge in [-0.3, -0.25) is 10.1 Å². The highest BCUT2D eigenvalue weighted by Gasteiger charge is 2.31. The summed E-state index contributed by atoms with van der Waals surface area (Å²) in [4.78, 5) is 18.0. The molecule has 1 aromatic rings. The number of benzene rings is 1. The highest BCUT2D eigenvalue weighted by Crippen LogP contribution is 2.33. The van der Waals surface area contributed by atoms with Crippen molar-refractivity contribution in [3.63, 3.8) is 0 Å². The molecule has 7 heteroatoms. The highest BCUT2D eigenvalue weighted by molar-refractivity contribution is 8.14. The molecule has 0 N–H and O–H groups in total. The lowest BCUT2D eigenvalue weighted by Crippen LogP contribution is -2.38. The van der Waals surface area contributed by atoms with Crippen molar-refractivity contribution in [2.24, 2.45) is 16.8 Å². The maximum absolute atomic E-state index is 11.0. The molecule has 1 saturated heterocycles. The number of non-ortho nitro benzene ring substituents is 1. The van der Waals surface area contributed by atoms with Crippen LogP contribution in [-0.2, 0) is 0 Å². The molecule has 1 aromatic carbocycles. The Labute approximate surface area is 173 Å². The third-order valence-electron chi connectivity index (χ3n) is 5.05. The van der Waals surface area contributed by atoms with Crippen LogP contribution in [0.5, 0.6) is 0 Å². The Kier molecular flexibility index (Phi) is 9.60. The molecular formula is C20H32ClN3O2S. The zero-order valence-electron chi connectivity index (χ0n) is 17.0. The minimum Gasteiger partial charge on any atom is -0.347 e. The van der Waals surface area contributed by atoms with Gasteiger partial charge in [0.25, 0.3) is 5.69 Å². The van der Waals surface area contributed by atoms with Gasteiger partial charge in [0.2, 0.25) is 0 Å². The number of aryl methyl sites for hydroxylation is 1. The fourth-order valence-corrected chi connectivity index (χ4v) is 4.58. The SMILES string of the molecule is CCC(CC)CN1C(=Nc2ccc([N+](=O)[O-])cc2C)SC[C@@H]1CC(C)C.Cl. The van der Waals surface area contributed by atoms with Gasteiger partial charge in [0, 0.05) is 30.5 Å². The zero-order chi connectivity index (χ0) is 19.3. The molecule has 0 aromatic heterocycles. The smallest absolute Gasteiger partial charge is 0.269 e. The first kappa shape index (κ1) is 23.8. The summed E-state index contributed by atoms with van der Waals surface area (Å²) in [7, 11) is 0. The van der Waals surface area contributed by atoms with Crippen LogP contribution in [0.15, 0.2) is 23.2 Å². The van der Waals surface area contributed by atoms with Gasteiger partial charge in [-0.1, -0.05) is 52.3 Å². The molecule has 1 atom stereocenters. The lowest BCUT2D eigenvalue weighted by Gasteiger charge is -2.30. The number of hydrogen-bond acceptors (Lipinski definition) is 4. The monoisotopic (exact) mass is 413 g/mol. The quantitative estimate of drug-likeness (QED) is 0.375. The van der Waals surface area contributed by atoms with Gasteiger partial charge in [0.1, 0.15) is 0 Å². The molecule has 0 bridgehead atoms. The summed E-state index contributed by atoms with van der Waals surface area (Å²) in [6.07, 6.45) is 3.53. The molecule has 1 fully saturated rings. The van der Waals surface area contributed by atoms with Gasteiger partial charge in [-0.15, -0.1) is 12.4 Å². The van der Waals surface area contributed by atoms with Crippen LogP contribution in [0.25, 0.3) is 0 Å². The average Bonchev–Trinajstić information content (AvgIpc) is 2.95. The van der Waals surface area contributed by atoms with Crippen molar-refractivity contribution in [3.05, 3.63) is 33.9 Å². The van der Waals surface area contributed by atoms with Crippen molar-refractivity contribution < 1.29 is 4.92 Å². The molecule has 152 valence electrons. The first-order chi connectivity index (χ1) is 12.3. The second-order valence-electron chi connectivity index (χ2n) is 7.55. The summed E-state index contributed by atoms with van der Waals surface area (Å²) in [6, 6.07) is 5.45. The van der Waals surface area contributed by atoms with Crippen LogP contribution in [0.1, 0.15) is 52.5 Å². The van der Waals surface area contributed by atoms with Gasteiger partial charge in [-0.2, -0.15) is 0 Å². The number of rotatable bonds is 8. The maximum atomic E-state index is 11.0. The lowest BCUT2D eigenvalue weighted by atomic mass is 10.00. The molecule has 0 amide bonds. The number of nitrogens with zero attached hydrogens (tertiary/aromatic N) is 3. The van der Waals surface area contributed by atoms with Crippen LogP contribution in [-0.4, -0.2) is 33.3 Å². The van der Waals surface area contributed by atoms with Gasteiger partial charge in [0.05, 0.1) is 10.6 Å². The van der Waals surface area contributed by atoms with Gasteiger partial charge < -0.3 is 4.90 Å². The van der Waals surface area contributed by atoms with Crippen molar-refractivity contribution in [1.82, 2.24) is 4.90 Å². The minimum atomic E-state index is -0.355. The fraction of sp³-hybridized carbons (Fsp3) is 0.650. The molecule has 27 heavy (non-hydrogen) atoms. The number of aliphatic imine (C=N–C) groups is 1. The molecule has 1 aliphatic rings. The normalized spacial score (nSPS) is 18.4. The Morgan fingerprint density at radius 1 is 1.33 bits per heavy atom. The lowest BCUT2D eigenvalue weighted by molar-refractivity contribution is -0.384. The fourth-order valence-electron chi connectivity index (χ4n) is 3.37. The molecule has 0 unspecified atom stereocenters. The predicted molar refractivity (Wildman–Crippen MR) is 119 cm³/mol. The number of nitro benzene ring substituents is 1. The van der Waals surface area contributed by atoms with Crippen LogP contribution in [0, 0.1) is 28.9 Å². The molecule has 5 nitrogen and oxygen atoms in total. The second-order valence-corrected chi connectivity index (χ2v) is 8.54. The number of halogens is 1. The van der Waals surface area contributed by atoms with Crippen LogP contribution in [0.2, 0.25) is 0 Å². The van der Waals surface area contributed by atoms with E-state index in [9.17, 15) is 10.1 Å². The third-order valence-corrected chi connectivity index (χ3v) is 6.19. The Bertz CT molecular complexity index is 663. The van der Waals surface area contributed by atoms with Crippen molar-refractivity contribution in [1.29, 1.82) is 0 Å². The summed E-state index contributed by atoms with van der Waals surface area (Å²) in [5, 5.41) is 12.0. The number of thioether (sulfide) groups is 1. The standard InChI is InChI=1S/C20H31N3O2S.ClH/c1-6-16(7-2)12-22-18(10-14(3)4)13-26-20(22)21-19-9-8-17(23(24)25)11-15(19)5;/h8-9,11,14,16,18H,6-7,10,12-13H2,1-5H3;1H/t18-;/m0./s1. The van der Waals surface area contributed by atoms with Crippen molar-refractivity contribution in [3.8, 4) is 0 Å². The van der Waals surface area contributed by atoms with E-state index in [4.69, 9.17) is 4.99 Å². The first-order valence-corrected chi connectivity index (χ1v) is 10.6. The molecule has 0 spiro atoms. The van der Waals surface area contributed by atoms with Gasteiger partial charge in [-0.25, -0.2) is 4.99 Å². The van der Waals surface area contributed by atoms with Crippen LogP contribution in [0.3, 0.4) is 0 Å². The highest BCUT2D eigenvalue weighted by atomic mass is 35.5. The summed E-state index contributed by atoms with van der Waals surface area (Å²) in [5.41, 5.74) is 1.80. The number of amidine groups is 1. The molecule has 1 heterocycles. The predicted octanol–water partition coefficient (Wildman–Crippen LogP) is 6.21. The minimum absolute atomic E-state index is 0. The van der Waals surface area contributed by atoms with Crippen LogP contribution < -0.4 is 0 Å². The molecule has 0 radical (unpaired) electrons. The number of hydrogen-bond donors (Lipinski definition) is 0. The van der Waals surface area contributed by atoms with E-state index in [1.807, 2.05) is 18.7 Å². The Morgan fingerprint density at radius 3 is 2.52 bits per heavy atom. The van der Waals surface area contributed by atoms with E-state index in [2.05, 4.69) is 32.6 Å². The van der Waals surface area contributed by atoms with Crippen LogP contribution >= 0.6 is 24.2 Å². The Balaban J connectivity index is 0.00000364. The second kappa shape index (κ2) is 10.9. The summed E-state index contributed by atoms with van der Waals surface area (Å²) in [6.45, 7) is 12.0. The molecule has 2 rings (SSSR count). The molecule has 0 saturated carbocycles. The summed E-state index contributed by atoms with van der Waals surface area (Å²) >= 11 is 1.82.